The summed E-state index contributed by atoms with van der Waals surface area (Å²) in [6, 6.07) is 10.8. The first-order chi connectivity index (χ1) is 10.2. The van der Waals surface area contributed by atoms with E-state index >= 15 is 0 Å². The van der Waals surface area contributed by atoms with Crippen LogP contribution in [0.1, 0.15) is 45.1 Å². The lowest BCUT2D eigenvalue weighted by atomic mass is 9.96. The molecule has 1 amide bonds. The molecule has 1 aromatic rings. The Kier molecular flexibility index (Phi) is 6.24. The van der Waals surface area contributed by atoms with Gasteiger partial charge in [0.15, 0.2) is 0 Å². The first-order valence-electron chi connectivity index (χ1n) is 8.25. The van der Waals surface area contributed by atoms with Gasteiger partial charge in [-0.15, -0.1) is 0 Å². The zero-order valence-corrected chi connectivity index (χ0v) is 13.3. The molecule has 21 heavy (non-hydrogen) atoms. The van der Waals surface area contributed by atoms with Gasteiger partial charge in [-0.05, 0) is 38.3 Å². The Morgan fingerprint density at radius 1 is 1.38 bits per heavy atom. The van der Waals surface area contributed by atoms with E-state index in [4.69, 9.17) is 0 Å². The molecule has 0 unspecified atom stereocenters. The molecule has 116 valence electrons. The van der Waals surface area contributed by atoms with Crippen molar-refractivity contribution in [3.05, 3.63) is 35.9 Å². The maximum absolute atomic E-state index is 12.3. The Bertz CT molecular complexity index is 432. The number of hydrogen-bond acceptors (Lipinski definition) is 2. The third-order valence-electron chi connectivity index (χ3n) is 4.24. The van der Waals surface area contributed by atoms with E-state index in [-0.39, 0.29) is 11.8 Å². The zero-order valence-electron chi connectivity index (χ0n) is 13.3. The van der Waals surface area contributed by atoms with Crippen molar-refractivity contribution in [2.45, 2.75) is 52.1 Å². The summed E-state index contributed by atoms with van der Waals surface area (Å²) in [4.78, 5) is 14.8. The van der Waals surface area contributed by atoms with Crippen LogP contribution in [0.4, 0.5) is 0 Å². The first-order valence-corrected chi connectivity index (χ1v) is 8.25. The van der Waals surface area contributed by atoms with Crippen LogP contribution in [0.15, 0.2) is 30.3 Å². The van der Waals surface area contributed by atoms with Crippen molar-refractivity contribution in [1.29, 1.82) is 0 Å². The van der Waals surface area contributed by atoms with Gasteiger partial charge in [-0.3, -0.25) is 9.69 Å². The first kappa shape index (κ1) is 16.0. The van der Waals surface area contributed by atoms with Crippen molar-refractivity contribution in [3.8, 4) is 0 Å². The fourth-order valence-electron chi connectivity index (χ4n) is 3.12. The SMILES string of the molecule is CCC[C@H](C)NC(=O)[C@@H]1CCCN(Cc2ccccc2)C1. The molecule has 1 aromatic carbocycles. The number of carbonyl (C=O) groups is 1. The molecule has 2 rings (SSSR count). The van der Waals surface area contributed by atoms with Gasteiger partial charge in [0.05, 0.1) is 5.92 Å². The highest BCUT2D eigenvalue weighted by atomic mass is 16.2. The summed E-state index contributed by atoms with van der Waals surface area (Å²) in [5, 5.41) is 3.17. The second kappa shape index (κ2) is 8.18. The molecule has 1 aliphatic rings. The maximum atomic E-state index is 12.3. The van der Waals surface area contributed by atoms with Crippen LogP contribution < -0.4 is 5.32 Å². The topological polar surface area (TPSA) is 32.3 Å². The predicted molar refractivity (Wildman–Crippen MR) is 87.0 cm³/mol. The fourth-order valence-corrected chi connectivity index (χ4v) is 3.12. The summed E-state index contributed by atoms with van der Waals surface area (Å²) in [7, 11) is 0. The highest BCUT2D eigenvalue weighted by Gasteiger charge is 2.26. The summed E-state index contributed by atoms with van der Waals surface area (Å²) in [5.74, 6) is 0.399. The van der Waals surface area contributed by atoms with Crippen LogP contribution in [0.3, 0.4) is 0 Å². The normalized spacial score (nSPS) is 21.0. The van der Waals surface area contributed by atoms with Crippen LogP contribution in [-0.2, 0) is 11.3 Å². The van der Waals surface area contributed by atoms with Crippen molar-refractivity contribution < 1.29 is 4.79 Å². The van der Waals surface area contributed by atoms with Gasteiger partial charge in [0.25, 0.3) is 0 Å². The molecular formula is C18H28N2O. The minimum absolute atomic E-state index is 0.154. The minimum Gasteiger partial charge on any atom is -0.353 e. The van der Waals surface area contributed by atoms with Crippen molar-refractivity contribution >= 4 is 5.91 Å². The molecular weight excluding hydrogens is 260 g/mol. The van der Waals surface area contributed by atoms with Gasteiger partial charge >= 0.3 is 0 Å². The number of carbonyl (C=O) groups excluding carboxylic acids is 1. The van der Waals surface area contributed by atoms with Crippen LogP contribution in [0.2, 0.25) is 0 Å². The number of amides is 1. The largest absolute Gasteiger partial charge is 0.353 e. The lowest BCUT2D eigenvalue weighted by molar-refractivity contribution is -0.127. The van der Waals surface area contributed by atoms with Crippen molar-refractivity contribution in [1.82, 2.24) is 10.2 Å². The smallest absolute Gasteiger partial charge is 0.224 e. The van der Waals surface area contributed by atoms with Crippen molar-refractivity contribution in [2.75, 3.05) is 13.1 Å². The van der Waals surface area contributed by atoms with Gasteiger partial charge in [-0.25, -0.2) is 0 Å². The minimum atomic E-state index is 0.154. The molecule has 0 bridgehead atoms. The molecule has 1 fully saturated rings. The summed E-state index contributed by atoms with van der Waals surface area (Å²) in [5.41, 5.74) is 1.33. The molecule has 1 heterocycles. The Morgan fingerprint density at radius 2 is 2.14 bits per heavy atom. The number of hydrogen-bond donors (Lipinski definition) is 1. The number of piperidine rings is 1. The van der Waals surface area contributed by atoms with E-state index < -0.39 is 0 Å². The fraction of sp³-hybridized carbons (Fsp3) is 0.611. The molecule has 0 aliphatic carbocycles. The molecule has 3 heteroatoms. The molecule has 2 atom stereocenters. The predicted octanol–water partition coefficient (Wildman–Crippen LogP) is 3.20. The molecule has 0 radical (unpaired) electrons. The molecule has 0 spiro atoms. The van der Waals surface area contributed by atoms with E-state index in [1.165, 1.54) is 5.56 Å². The molecule has 1 N–H and O–H groups in total. The lowest BCUT2D eigenvalue weighted by Crippen LogP contribution is -2.45. The molecule has 1 aliphatic heterocycles. The molecule has 3 nitrogen and oxygen atoms in total. The average Bonchev–Trinajstić information content (AvgIpc) is 2.49. The second-order valence-corrected chi connectivity index (χ2v) is 6.26. The number of benzene rings is 1. The van der Waals surface area contributed by atoms with Crippen molar-refractivity contribution in [2.24, 2.45) is 5.92 Å². The van der Waals surface area contributed by atoms with E-state index in [2.05, 4.69) is 48.3 Å². The Balaban J connectivity index is 1.84. The third-order valence-corrected chi connectivity index (χ3v) is 4.24. The van der Waals surface area contributed by atoms with Gasteiger partial charge in [0, 0.05) is 19.1 Å². The number of rotatable bonds is 6. The zero-order chi connectivity index (χ0) is 15.1. The molecule has 1 saturated heterocycles. The van der Waals surface area contributed by atoms with E-state index in [9.17, 15) is 4.79 Å². The van der Waals surface area contributed by atoms with Crippen LogP contribution in [0, 0.1) is 5.92 Å². The monoisotopic (exact) mass is 288 g/mol. The number of nitrogens with one attached hydrogen (secondary N) is 1. The summed E-state index contributed by atoms with van der Waals surface area (Å²) in [6.45, 7) is 7.20. The van der Waals surface area contributed by atoms with E-state index in [0.717, 1.165) is 45.3 Å². The second-order valence-electron chi connectivity index (χ2n) is 6.26. The van der Waals surface area contributed by atoms with Crippen LogP contribution in [-0.4, -0.2) is 29.9 Å². The van der Waals surface area contributed by atoms with E-state index in [1.807, 2.05) is 6.07 Å². The van der Waals surface area contributed by atoms with Crippen LogP contribution >= 0.6 is 0 Å². The summed E-state index contributed by atoms with van der Waals surface area (Å²) in [6.07, 6.45) is 4.32. The third kappa shape index (κ3) is 5.16. The Hall–Kier alpha value is -1.35. The number of nitrogens with zero attached hydrogens (tertiary/aromatic N) is 1. The summed E-state index contributed by atoms with van der Waals surface area (Å²) >= 11 is 0. The van der Waals surface area contributed by atoms with Crippen LogP contribution in [0.5, 0.6) is 0 Å². The van der Waals surface area contributed by atoms with Crippen molar-refractivity contribution in [3.63, 3.8) is 0 Å². The summed E-state index contributed by atoms with van der Waals surface area (Å²) < 4.78 is 0. The standard InChI is InChI=1S/C18H28N2O/c1-3-8-15(2)19-18(21)17-11-7-12-20(14-17)13-16-9-5-4-6-10-16/h4-6,9-10,15,17H,3,7-8,11-14H2,1-2H3,(H,19,21)/t15-,17+/m0/s1. The van der Waals surface area contributed by atoms with Gasteiger partial charge in [-0.2, -0.15) is 0 Å². The maximum Gasteiger partial charge on any atom is 0.224 e. The lowest BCUT2D eigenvalue weighted by Gasteiger charge is -2.32. The number of likely N-dealkylation sites (tertiary alicyclic amines) is 1. The average molecular weight is 288 g/mol. The van der Waals surface area contributed by atoms with E-state index in [0.29, 0.717) is 6.04 Å². The highest BCUT2D eigenvalue weighted by Crippen LogP contribution is 2.19. The van der Waals surface area contributed by atoms with Gasteiger partial charge in [0.2, 0.25) is 5.91 Å². The highest BCUT2D eigenvalue weighted by molar-refractivity contribution is 5.79. The van der Waals surface area contributed by atoms with Gasteiger partial charge < -0.3 is 5.32 Å². The molecule has 0 aromatic heterocycles. The van der Waals surface area contributed by atoms with Crippen LogP contribution in [0.25, 0.3) is 0 Å². The quantitative estimate of drug-likeness (QED) is 0.872. The Morgan fingerprint density at radius 3 is 2.86 bits per heavy atom. The van der Waals surface area contributed by atoms with Gasteiger partial charge in [-0.1, -0.05) is 43.7 Å². The molecule has 0 saturated carbocycles. The van der Waals surface area contributed by atoms with E-state index in [1.54, 1.807) is 0 Å². The van der Waals surface area contributed by atoms with Gasteiger partial charge in [0.1, 0.15) is 0 Å². The Labute approximate surface area is 128 Å².